The minimum Gasteiger partial charge on any atom is -0.459 e. The van der Waals surface area contributed by atoms with Crippen molar-refractivity contribution < 1.29 is 9.53 Å². The van der Waals surface area contributed by atoms with E-state index in [1.165, 1.54) is 11.5 Å². The van der Waals surface area contributed by atoms with Crippen molar-refractivity contribution in [2.45, 2.75) is 46.1 Å². The van der Waals surface area contributed by atoms with E-state index in [-0.39, 0.29) is 12.1 Å². The van der Waals surface area contributed by atoms with Gasteiger partial charge in [0.1, 0.15) is 16.7 Å². The van der Waals surface area contributed by atoms with Gasteiger partial charge in [0.2, 0.25) is 0 Å². The number of nitrogens with one attached hydrogen (secondary N) is 1. The van der Waals surface area contributed by atoms with Crippen molar-refractivity contribution in [2.24, 2.45) is 11.8 Å². The second-order valence-corrected chi connectivity index (χ2v) is 6.29. The molecule has 1 aliphatic carbocycles. The van der Waals surface area contributed by atoms with Crippen molar-refractivity contribution in [3.05, 3.63) is 11.3 Å². The Morgan fingerprint density at radius 3 is 2.74 bits per heavy atom. The molecular weight excluding hydrogens is 260 g/mol. The van der Waals surface area contributed by atoms with Gasteiger partial charge in [-0.25, -0.2) is 4.79 Å². The van der Waals surface area contributed by atoms with Gasteiger partial charge in [-0.05, 0) is 49.6 Å². The third-order valence-electron chi connectivity index (χ3n) is 4.12. The first-order chi connectivity index (χ1) is 9.02. The van der Waals surface area contributed by atoms with Crippen LogP contribution in [0, 0.1) is 18.8 Å². The highest BCUT2D eigenvalue weighted by Gasteiger charge is 2.29. The fraction of sp³-hybridized carbons (Fsp3) is 0.714. The Morgan fingerprint density at radius 1 is 1.37 bits per heavy atom. The number of ether oxygens (including phenoxy) is 1. The summed E-state index contributed by atoms with van der Waals surface area (Å²) in [5.74, 6) is 1.12. The zero-order valence-electron chi connectivity index (χ0n) is 12.0. The summed E-state index contributed by atoms with van der Waals surface area (Å²) >= 11 is 1.31. The topological polar surface area (TPSA) is 51.2 Å². The lowest BCUT2D eigenvalue weighted by atomic mass is 9.80. The van der Waals surface area contributed by atoms with Crippen LogP contribution in [0.5, 0.6) is 0 Å². The van der Waals surface area contributed by atoms with Crippen molar-refractivity contribution in [3.63, 3.8) is 0 Å². The molecule has 2 rings (SSSR count). The fourth-order valence-electron chi connectivity index (χ4n) is 2.60. The molecule has 0 aliphatic heterocycles. The van der Waals surface area contributed by atoms with Gasteiger partial charge in [0.05, 0.1) is 5.69 Å². The molecule has 19 heavy (non-hydrogen) atoms. The van der Waals surface area contributed by atoms with E-state index in [0.29, 0.717) is 11.5 Å². The summed E-state index contributed by atoms with van der Waals surface area (Å²) in [5.41, 5.74) is 1.34. The Labute approximate surface area is 118 Å². The van der Waals surface area contributed by atoms with Crippen LogP contribution in [0.1, 0.15) is 49.2 Å². The number of aryl methyl sites for hydroxylation is 1. The molecule has 0 bridgehead atoms. The smallest absolute Gasteiger partial charge is 0.343 e. The van der Waals surface area contributed by atoms with Gasteiger partial charge < -0.3 is 10.1 Å². The molecule has 1 saturated carbocycles. The number of aromatic nitrogens is 1. The average molecular weight is 282 g/mol. The summed E-state index contributed by atoms with van der Waals surface area (Å²) in [6.07, 6.45) is 3.14. The molecule has 3 unspecified atom stereocenters. The fourth-order valence-corrected chi connectivity index (χ4v) is 3.33. The Kier molecular flexibility index (Phi) is 4.45. The molecule has 0 aromatic carbocycles. The van der Waals surface area contributed by atoms with Crippen LogP contribution in [-0.2, 0) is 4.74 Å². The van der Waals surface area contributed by atoms with Crippen LogP contribution >= 0.6 is 11.5 Å². The predicted octanol–water partition coefficient (Wildman–Crippen LogP) is 3.47. The highest BCUT2D eigenvalue weighted by molar-refractivity contribution is 7.10. The number of carbonyl (C=O) groups is 1. The van der Waals surface area contributed by atoms with Crippen LogP contribution in [0.2, 0.25) is 0 Å². The summed E-state index contributed by atoms with van der Waals surface area (Å²) in [4.78, 5) is 12.3. The molecular formula is C14H22N2O2S. The normalized spacial score (nSPS) is 27.1. The Balaban J connectivity index is 2.03. The average Bonchev–Trinajstić information content (AvgIpc) is 2.75. The lowest BCUT2D eigenvalue weighted by Gasteiger charge is -2.31. The number of anilines is 1. The SMILES string of the molecule is CNc1snc(C)c1C(=O)OC1CCC(C)C(C)C1. The van der Waals surface area contributed by atoms with Crippen molar-refractivity contribution in [3.8, 4) is 0 Å². The third kappa shape index (κ3) is 3.08. The molecule has 1 aliphatic rings. The molecule has 4 nitrogen and oxygen atoms in total. The van der Waals surface area contributed by atoms with E-state index in [1.807, 2.05) is 6.92 Å². The Hall–Kier alpha value is -1.10. The maximum atomic E-state index is 12.3. The van der Waals surface area contributed by atoms with E-state index >= 15 is 0 Å². The molecule has 5 heteroatoms. The van der Waals surface area contributed by atoms with Gasteiger partial charge in [0.25, 0.3) is 0 Å². The molecule has 1 heterocycles. The van der Waals surface area contributed by atoms with Crippen molar-refractivity contribution >= 4 is 22.5 Å². The lowest BCUT2D eigenvalue weighted by molar-refractivity contribution is 0.00884. The third-order valence-corrected chi connectivity index (χ3v) is 5.07. The first-order valence-corrected chi connectivity index (χ1v) is 7.65. The van der Waals surface area contributed by atoms with Gasteiger partial charge in [0, 0.05) is 7.05 Å². The van der Waals surface area contributed by atoms with Crippen LogP contribution in [0.3, 0.4) is 0 Å². The standard InChI is InChI=1S/C14H22N2O2S/c1-8-5-6-11(7-9(8)2)18-14(17)12-10(3)16-19-13(12)15-4/h8-9,11,15H,5-7H2,1-4H3. The minimum absolute atomic E-state index is 0.0581. The first-order valence-electron chi connectivity index (χ1n) is 6.88. The predicted molar refractivity (Wildman–Crippen MR) is 77.8 cm³/mol. The highest BCUT2D eigenvalue weighted by atomic mass is 32.1. The molecule has 1 N–H and O–H groups in total. The molecule has 0 spiro atoms. The van der Waals surface area contributed by atoms with Gasteiger partial charge in [-0.1, -0.05) is 13.8 Å². The largest absolute Gasteiger partial charge is 0.459 e. The van der Waals surface area contributed by atoms with E-state index in [0.717, 1.165) is 35.9 Å². The summed E-state index contributed by atoms with van der Waals surface area (Å²) in [5, 5.41) is 3.80. The summed E-state index contributed by atoms with van der Waals surface area (Å²) in [7, 11) is 1.80. The van der Waals surface area contributed by atoms with E-state index in [4.69, 9.17) is 4.74 Å². The van der Waals surface area contributed by atoms with Crippen molar-refractivity contribution in [1.82, 2.24) is 4.37 Å². The Morgan fingerprint density at radius 2 is 2.11 bits per heavy atom. The first kappa shape index (κ1) is 14.3. The summed E-state index contributed by atoms with van der Waals surface area (Å²) in [6, 6.07) is 0. The molecule has 0 radical (unpaired) electrons. The van der Waals surface area contributed by atoms with Gasteiger partial charge in [-0.3, -0.25) is 0 Å². The molecule has 0 amide bonds. The van der Waals surface area contributed by atoms with E-state index < -0.39 is 0 Å². The maximum absolute atomic E-state index is 12.3. The van der Waals surface area contributed by atoms with Gasteiger partial charge in [-0.2, -0.15) is 4.37 Å². The van der Waals surface area contributed by atoms with Crippen molar-refractivity contribution in [2.75, 3.05) is 12.4 Å². The van der Waals surface area contributed by atoms with Crippen LogP contribution in [-0.4, -0.2) is 23.5 Å². The summed E-state index contributed by atoms with van der Waals surface area (Å²) in [6.45, 7) is 6.36. The highest BCUT2D eigenvalue weighted by Crippen LogP contribution is 2.32. The van der Waals surface area contributed by atoms with E-state index in [1.54, 1.807) is 7.05 Å². The van der Waals surface area contributed by atoms with Crippen molar-refractivity contribution in [1.29, 1.82) is 0 Å². The number of hydrogen-bond acceptors (Lipinski definition) is 5. The van der Waals surface area contributed by atoms with Gasteiger partial charge in [-0.15, -0.1) is 0 Å². The monoisotopic (exact) mass is 282 g/mol. The molecule has 3 atom stereocenters. The van der Waals surface area contributed by atoms with E-state index in [2.05, 4.69) is 23.5 Å². The lowest BCUT2D eigenvalue weighted by Crippen LogP contribution is -2.29. The van der Waals surface area contributed by atoms with Gasteiger partial charge >= 0.3 is 5.97 Å². The second-order valence-electron chi connectivity index (χ2n) is 5.52. The van der Waals surface area contributed by atoms with Crippen LogP contribution in [0.4, 0.5) is 5.00 Å². The van der Waals surface area contributed by atoms with Crippen LogP contribution in [0.25, 0.3) is 0 Å². The zero-order valence-corrected chi connectivity index (χ0v) is 12.8. The number of carbonyl (C=O) groups excluding carboxylic acids is 1. The number of esters is 1. The van der Waals surface area contributed by atoms with Gasteiger partial charge in [0.15, 0.2) is 0 Å². The zero-order chi connectivity index (χ0) is 14.0. The Bertz CT molecular complexity index is 458. The van der Waals surface area contributed by atoms with E-state index in [9.17, 15) is 4.79 Å². The number of hydrogen-bond donors (Lipinski definition) is 1. The molecule has 0 saturated heterocycles. The molecule has 1 aromatic rings. The molecule has 1 fully saturated rings. The number of nitrogens with zero attached hydrogens (tertiary/aromatic N) is 1. The maximum Gasteiger partial charge on any atom is 0.343 e. The van der Waals surface area contributed by atoms with Crippen LogP contribution < -0.4 is 5.32 Å². The second kappa shape index (κ2) is 5.90. The summed E-state index contributed by atoms with van der Waals surface area (Å²) < 4.78 is 9.87. The quantitative estimate of drug-likeness (QED) is 0.862. The minimum atomic E-state index is -0.234. The number of rotatable bonds is 3. The molecule has 1 aromatic heterocycles. The van der Waals surface area contributed by atoms with Crippen LogP contribution in [0.15, 0.2) is 0 Å². The molecule has 106 valence electrons.